The summed E-state index contributed by atoms with van der Waals surface area (Å²) in [6.45, 7) is 2.39. The fourth-order valence-corrected chi connectivity index (χ4v) is 1.85. The van der Waals surface area contributed by atoms with Gasteiger partial charge in [-0.05, 0) is 31.7 Å². The number of carbonyl (C=O) groups is 1. The number of pyridine rings is 1. The van der Waals surface area contributed by atoms with E-state index in [1.807, 2.05) is 25.1 Å². The Morgan fingerprint density at radius 2 is 2.18 bits per heavy atom. The number of hydrogen-bond acceptors (Lipinski definition) is 3. The topological polar surface area (TPSA) is 76.2 Å². The van der Waals surface area contributed by atoms with Crippen LogP contribution in [0.1, 0.15) is 21.6 Å². The van der Waals surface area contributed by atoms with E-state index in [2.05, 4.69) is 4.98 Å². The van der Waals surface area contributed by atoms with Gasteiger partial charge in [0.05, 0.1) is 11.1 Å². The Morgan fingerprint density at radius 3 is 2.82 bits per heavy atom. The van der Waals surface area contributed by atoms with Crippen molar-refractivity contribution in [3.05, 3.63) is 41.1 Å². The normalized spacial score (nSPS) is 10.7. The minimum absolute atomic E-state index is 0.294. The van der Waals surface area contributed by atoms with Crippen molar-refractivity contribution >= 4 is 16.9 Å². The lowest BCUT2D eigenvalue weighted by molar-refractivity contribution is 0.0699. The monoisotopic (exact) mass is 230 g/mol. The van der Waals surface area contributed by atoms with Gasteiger partial charge in [0.1, 0.15) is 0 Å². The highest BCUT2D eigenvalue weighted by Gasteiger charge is 2.11. The van der Waals surface area contributed by atoms with Crippen LogP contribution in [0.15, 0.2) is 24.3 Å². The van der Waals surface area contributed by atoms with Gasteiger partial charge in [-0.1, -0.05) is 11.6 Å². The van der Waals surface area contributed by atoms with Gasteiger partial charge in [0.15, 0.2) is 0 Å². The molecule has 0 spiro atoms. The van der Waals surface area contributed by atoms with E-state index in [4.69, 9.17) is 5.73 Å². The van der Waals surface area contributed by atoms with E-state index in [0.717, 1.165) is 11.3 Å². The van der Waals surface area contributed by atoms with Crippen molar-refractivity contribution in [1.29, 1.82) is 0 Å². The van der Waals surface area contributed by atoms with Crippen LogP contribution in [0.3, 0.4) is 0 Å². The summed E-state index contributed by atoms with van der Waals surface area (Å²) < 4.78 is 0. The van der Waals surface area contributed by atoms with Crippen LogP contribution < -0.4 is 5.73 Å². The Balaban J connectivity index is 2.72. The molecule has 0 saturated carbocycles. The molecule has 0 aliphatic rings. The number of nitrogens with two attached hydrogens (primary N) is 1. The van der Waals surface area contributed by atoms with Crippen molar-refractivity contribution in [3.63, 3.8) is 0 Å². The Hall–Kier alpha value is -1.94. The number of aromatic nitrogens is 1. The molecule has 0 radical (unpaired) electrons. The summed E-state index contributed by atoms with van der Waals surface area (Å²) in [7, 11) is 0. The molecule has 0 amide bonds. The zero-order valence-corrected chi connectivity index (χ0v) is 9.60. The number of aryl methyl sites for hydroxylation is 1. The number of carboxylic acids is 1. The van der Waals surface area contributed by atoms with Crippen molar-refractivity contribution < 1.29 is 9.90 Å². The zero-order valence-electron chi connectivity index (χ0n) is 9.60. The summed E-state index contributed by atoms with van der Waals surface area (Å²) in [6, 6.07) is 7.22. The van der Waals surface area contributed by atoms with E-state index in [1.54, 1.807) is 6.07 Å². The van der Waals surface area contributed by atoms with Crippen LogP contribution in [0, 0.1) is 6.92 Å². The molecule has 1 aromatic carbocycles. The van der Waals surface area contributed by atoms with E-state index in [9.17, 15) is 9.90 Å². The van der Waals surface area contributed by atoms with Gasteiger partial charge in [-0.3, -0.25) is 4.98 Å². The van der Waals surface area contributed by atoms with Crippen LogP contribution in [-0.4, -0.2) is 22.6 Å². The summed E-state index contributed by atoms with van der Waals surface area (Å²) >= 11 is 0. The molecular weight excluding hydrogens is 216 g/mol. The maximum absolute atomic E-state index is 11.2. The highest BCUT2D eigenvalue weighted by molar-refractivity contribution is 6.02. The van der Waals surface area contributed by atoms with Crippen LogP contribution in [0.2, 0.25) is 0 Å². The third kappa shape index (κ3) is 2.26. The van der Waals surface area contributed by atoms with Crippen LogP contribution in [0.5, 0.6) is 0 Å². The van der Waals surface area contributed by atoms with Gasteiger partial charge in [-0.25, -0.2) is 4.79 Å². The molecule has 2 aromatic rings. The summed E-state index contributed by atoms with van der Waals surface area (Å²) in [5.41, 5.74) is 8.21. The molecule has 4 nitrogen and oxygen atoms in total. The lowest BCUT2D eigenvalue weighted by atomic mass is 10.0. The summed E-state index contributed by atoms with van der Waals surface area (Å²) in [4.78, 5) is 15.6. The zero-order chi connectivity index (χ0) is 12.4. The van der Waals surface area contributed by atoms with Gasteiger partial charge >= 0.3 is 5.97 Å². The molecule has 1 aromatic heterocycles. The predicted molar refractivity (Wildman–Crippen MR) is 66.2 cm³/mol. The first kappa shape index (κ1) is 11.5. The average Bonchev–Trinajstić information content (AvgIpc) is 2.28. The van der Waals surface area contributed by atoms with Crippen molar-refractivity contribution in [3.8, 4) is 0 Å². The molecule has 0 bridgehead atoms. The fraction of sp³-hybridized carbons (Fsp3) is 0.231. The van der Waals surface area contributed by atoms with Gasteiger partial charge in [-0.2, -0.15) is 0 Å². The van der Waals surface area contributed by atoms with Gasteiger partial charge in [0.25, 0.3) is 0 Å². The minimum atomic E-state index is -0.929. The van der Waals surface area contributed by atoms with Crippen LogP contribution >= 0.6 is 0 Å². The smallest absolute Gasteiger partial charge is 0.336 e. The van der Waals surface area contributed by atoms with Gasteiger partial charge in [0.2, 0.25) is 0 Å². The minimum Gasteiger partial charge on any atom is -0.478 e. The first-order chi connectivity index (χ1) is 8.11. The number of benzene rings is 1. The maximum atomic E-state index is 11.2. The molecule has 17 heavy (non-hydrogen) atoms. The molecule has 0 fully saturated rings. The second-order valence-corrected chi connectivity index (χ2v) is 4.03. The van der Waals surface area contributed by atoms with Gasteiger partial charge in [0, 0.05) is 17.5 Å². The van der Waals surface area contributed by atoms with Crippen molar-refractivity contribution in [2.24, 2.45) is 5.73 Å². The number of rotatable bonds is 3. The van der Waals surface area contributed by atoms with Crippen LogP contribution in [-0.2, 0) is 6.42 Å². The largest absolute Gasteiger partial charge is 0.478 e. The molecule has 2 rings (SSSR count). The fourth-order valence-electron chi connectivity index (χ4n) is 1.85. The molecule has 4 heteroatoms. The van der Waals surface area contributed by atoms with Gasteiger partial charge < -0.3 is 10.8 Å². The number of carboxylic acid groups (broad SMARTS) is 1. The third-order valence-electron chi connectivity index (χ3n) is 2.65. The number of fused-ring (bicyclic) bond motifs is 1. The number of hydrogen-bond donors (Lipinski definition) is 2. The molecule has 0 unspecified atom stereocenters. The summed E-state index contributed by atoms with van der Waals surface area (Å²) in [6.07, 6.45) is 0.587. The predicted octanol–water partition coefficient (Wildman–Crippen LogP) is 1.74. The van der Waals surface area contributed by atoms with E-state index < -0.39 is 5.97 Å². The Bertz CT molecular complexity index is 579. The number of nitrogens with zero attached hydrogens (tertiary/aromatic N) is 1. The van der Waals surface area contributed by atoms with Gasteiger partial charge in [-0.15, -0.1) is 0 Å². The Morgan fingerprint density at radius 1 is 1.41 bits per heavy atom. The Kier molecular flexibility index (Phi) is 3.06. The highest BCUT2D eigenvalue weighted by Crippen LogP contribution is 2.20. The lowest BCUT2D eigenvalue weighted by Crippen LogP contribution is -2.07. The second-order valence-electron chi connectivity index (χ2n) is 4.03. The molecular formula is C13H14N2O2. The summed E-state index contributed by atoms with van der Waals surface area (Å²) in [5, 5.41) is 9.89. The number of aromatic carboxylic acids is 1. The molecule has 0 saturated heterocycles. The van der Waals surface area contributed by atoms with E-state index >= 15 is 0 Å². The molecule has 1 heterocycles. The third-order valence-corrected chi connectivity index (χ3v) is 2.65. The van der Waals surface area contributed by atoms with Crippen LogP contribution in [0.25, 0.3) is 10.9 Å². The lowest BCUT2D eigenvalue weighted by Gasteiger charge is -2.06. The summed E-state index contributed by atoms with van der Waals surface area (Å²) in [5.74, 6) is -0.929. The molecule has 0 aliphatic carbocycles. The quantitative estimate of drug-likeness (QED) is 0.842. The van der Waals surface area contributed by atoms with Crippen LogP contribution in [0.4, 0.5) is 0 Å². The van der Waals surface area contributed by atoms with Crippen molar-refractivity contribution in [2.45, 2.75) is 13.3 Å². The maximum Gasteiger partial charge on any atom is 0.336 e. The second kappa shape index (κ2) is 4.51. The SMILES string of the molecule is Cc1ccc2nc(CCN)cc(C(=O)O)c2c1. The first-order valence-corrected chi connectivity index (χ1v) is 5.45. The van der Waals surface area contributed by atoms with Crippen molar-refractivity contribution in [2.75, 3.05) is 6.54 Å². The Labute approximate surface area is 99.1 Å². The average molecular weight is 230 g/mol. The highest BCUT2D eigenvalue weighted by atomic mass is 16.4. The molecule has 0 aliphatic heterocycles. The molecule has 3 N–H and O–H groups in total. The van der Waals surface area contributed by atoms with E-state index in [-0.39, 0.29) is 0 Å². The first-order valence-electron chi connectivity index (χ1n) is 5.45. The van der Waals surface area contributed by atoms with Crippen molar-refractivity contribution in [1.82, 2.24) is 4.98 Å². The van der Waals surface area contributed by atoms with E-state index in [1.165, 1.54) is 0 Å². The molecule has 0 atom stereocenters. The standard InChI is InChI=1S/C13H14N2O2/c1-8-2-3-12-10(6-8)11(13(16)17)7-9(15-12)4-5-14/h2-3,6-7H,4-5,14H2,1H3,(H,16,17). The molecule has 88 valence electrons. The van der Waals surface area contributed by atoms with E-state index in [0.29, 0.717) is 29.4 Å².